The molecule has 0 spiro atoms. The summed E-state index contributed by atoms with van der Waals surface area (Å²) in [6, 6.07) is 9.72. The van der Waals surface area contributed by atoms with Gasteiger partial charge in [-0.3, -0.25) is 5.32 Å². The average molecular weight is 221 g/mol. The molecule has 0 aliphatic carbocycles. The van der Waals surface area contributed by atoms with Crippen molar-refractivity contribution < 1.29 is 0 Å². The lowest BCUT2D eigenvalue weighted by Gasteiger charge is -2.12. The molecule has 1 aliphatic rings. The topological polar surface area (TPSA) is 12.0 Å². The van der Waals surface area contributed by atoms with Crippen LogP contribution in [0.3, 0.4) is 0 Å². The van der Waals surface area contributed by atoms with Crippen LogP contribution in [0.15, 0.2) is 24.3 Å². The minimum Gasteiger partial charge on any atom is -0.298 e. The van der Waals surface area contributed by atoms with E-state index in [4.69, 9.17) is 0 Å². The highest BCUT2D eigenvalue weighted by atomic mass is 32.2. The van der Waals surface area contributed by atoms with Crippen LogP contribution >= 0.6 is 11.8 Å². The molecule has 1 nitrogen and oxygen atoms in total. The summed E-state index contributed by atoms with van der Waals surface area (Å²) in [6.45, 7) is 4.45. The zero-order valence-corrected chi connectivity index (χ0v) is 10.3. The molecule has 1 N–H and O–H groups in total. The number of thioether (sulfide) groups is 1. The van der Waals surface area contributed by atoms with Gasteiger partial charge in [0.15, 0.2) is 0 Å². The highest BCUT2D eigenvalue weighted by molar-refractivity contribution is 7.99. The number of aryl methyl sites for hydroxylation is 1. The quantitative estimate of drug-likeness (QED) is 0.840. The molecule has 2 unspecified atom stereocenters. The van der Waals surface area contributed by atoms with E-state index in [0.717, 1.165) is 6.42 Å². The molecule has 0 bridgehead atoms. The molecule has 15 heavy (non-hydrogen) atoms. The van der Waals surface area contributed by atoms with Gasteiger partial charge in [-0.1, -0.05) is 38.1 Å². The van der Waals surface area contributed by atoms with E-state index in [2.05, 4.69) is 43.4 Å². The van der Waals surface area contributed by atoms with E-state index in [9.17, 15) is 0 Å². The highest BCUT2D eigenvalue weighted by Crippen LogP contribution is 2.33. The first kappa shape index (κ1) is 11.0. The molecule has 1 aromatic rings. The van der Waals surface area contributed by atoms with Crippen LogP contribution in [0.5, 0.6) is 0 Å². The van der Waals surface area contributed by atoms with Gasteiger partial charge in [-0.15, -0.1) is 11.8 Å². The summed E-state index contributed by atoms with van der Waals surface area (Å²) in [5.74, 6) is 1.25. The largest absolute Gasteiger partial charge is 0.298 e. The second-order valence-corrected chi connectivity index (χ2v) is 5.22. The SMILES string of the molecule is CCc1ccc(C2NC(CC)CS2)cc1. The normalized spacial score (nSPS) is 25.7. The fraction of sp³-hybridized carbons (Fsp3) is 0.538. The summed E-state index contributed by atoms with van der Waals surface area (Å²) in [7, 11) is 0. The number of rotatable bonds is 3. The third kappa shape index (κ3) is 2.56. The van der Waals surface area contributed by atoms with Crippen molar-refractivity contribution in [3.8, 4) is 0 Å². The van der Waals surface area contributed by atoms with Gasteiger partial charge in [0.25, 0.3) is 0 Å². The molecule has 0 saturated carbocycles. The summed E-state index contributed by atoms with van der Waals surface area (Å²) in [6.07, 6.45) is 2.36. The lowest BCUT2D eigenvalue weighted by Crippen LogP contribution is -2.24. The third-order valence-electron chi connectivity index (χ3n) is 3.03. The molecule has 1 heterocycles. The van der Waals surface area contributed by atoms with Gasteiger partial charge >= 0.3 is 0 Å². The predicted molar refractivity (Wildman–Crippen MR) is 68.2 cm³/mol. The molecule has 0 radical (unpaired) electrons. The van der Waals surface area contributed by atoms with Crippen LogP contribution in [-0.2, 0) is 6.42 Å². The molecule has 2 heteroatoms. The minimum absolute atomic E-state index is 0.515. The summed E-state index contributed by atoms with van der Waals surface area (Å²) >= 11 is 2.03. The Morgan fingerprint density at radius 2 is 2.00 bits per heavy atom. The Labute approximate surface area is 96.7 Å². The Morgan fingerprint density at radius 1 is 1.27 bits per heavy atom. The predicted octanol–water partition coefficient (Wildman–Crippen LogP) is 3.36. The van der Waals surface area contributed by atoms with Crippen molar-refractivity contribution in [3.05, 3.63) is 35.4 Å². The van der Waals surface area contributed by atoms with Crippen LogP contribution in [0.4, 0.5) is 0 Å². The maximum Gasteiger partial charge on any atom is 0.0792 e. The molecule has 82 valence electrons. The molecular formula is C13H19NS. The molecule has 0 amide bonds. The van der Waals surface area contributed by atoms with Crippen LogP contribution < -0.4 is 5.32 Å². The summed E-state index contributed by atoms with van der Waals surface area (Å²) < 4.78 is 0. The molecule has 2 rings (SSSR count). The van der Waals surface area contributed by atoms with Crippen molar-refractivity contribution in [2.75, 3.05) is 5.75 Å². The van der Waals surface area contributed by atoms with Crippen LogP contribution in [0.25, 0.3) is 0 Å². The zero-order valence-electron chi connectivity index (χ0n) is 9.49. The van der Waals surface area contributed by atoms with Crippen LogP contribution in [0.2, 0.25) is 0 Å². The first-order valence-electron chi connectivity index (χ1n) is 5.80. The Morgan fingerprint density at radius 3 is 2.53 bits per heavy atom. The van der Waals surface area contributed by atoms with Crippen molar-refractivity contribution in [1.82, 2.24) is 5.32 Å². The molecule has 1 fully saturated rings. The van der Waals surface area contributed by atoms with Gasteiger partial charge in [0.2, 0.25) is 0 Å². The monoisotopic (exact) mass is 221 g/mol. The van der Waals surface area contributed by atoms with Gasteiger partial charge in [0.05, 0.1) is 5.37 Å². The van der Waals surface area contributed by atoms with Crippen molar-refractivity contribution in [2.45, 2.75) is 38.1 Å². The van der Waals surface area contributed by atoms with E-state index in [1.165, 1.54) is 23.3 Å². The number of hydrogen-bond acceptors (Lipinski definition) is 2. The fourth-order valence-corrected chi connectivity index (χ4v) is 3.27. The van der Waals surface area contributed by atoms with Gasteiger partial charge < -0.3 is 0 Å². The molecule has 2 atom stereocenters. The van der Waals surface area contributed by atoms with E-state index < -0.39 is 0 Å². The van der Waals surface area contributed by atoms with E-state index in [-0.39, 0.29) is 0 Å². The van der Waals surface area contributed by atoms with E-state index in [1.807, 2.05) is 11.8 Å². The Hall–Kier alpha value is -0.470. The van der Waals surface area contributed by atoms with Crippen molar-refractivity contribution in [2.24, 2.45) is 0 Å². The summed E-state index contributed by atoms with van der Waals surface area (Å²) in [5, 5.41) is 4.17. The molecular weight excluding hydrogens is 202 g/mol. The van der Waals surface area contributed by atoms with E-state index in [0.29, 0.717) is 11.4 Å². The number of nitrogens with one attached hydrogen (secondary N) is 1. The highest BCUT2D eigenvalue weighted by Gasteiger charge is 2.23. The Balaban J connectivity index is 2.04. The van der Waals surface area contributed by atoms with Crippen molar-refractivity contribution >= 4 is 11.8 Å². The van der Waals surface area contributed by atoms with Crippen molar-refractivity contribution in [3.63, 3.8) is 0 Å². The smallest absolute Gasteiger partial charge is 0.0792 e. The van der Waals surface area contributed by atoms with Gasteiger partial charge in [0, 0.05) is 11.8 Å². The fourth-order valence-electron chi connectivity index (χ4n) is 1.88. The van der Waals surface area contributed by atoms with E-state index >= 15 is 0 Å². The Bertz CT molecular complexity index is 307. The van der Waals surface area contributed by atoms with Crippen LogP contribution in [0, 0.1) is 0 Å². The second kappa shape index (κ2) is 5.04. The first-order chi connectivity index (χ1) is 7.33. The van der Waals surface area contributed by atoms with Crippen molar-refractivity contribution in [1.29, 1.82) is 0 Å². The molecule has 1 aliphatic heterocycles. The molecule has 1 aromatic carbocycles. The van der Waals surface area contributed by atoms with Gasteiger partial charge in [0.1, 0.15) is 0 Å². The van der Waals surface area contributed by atoms with Gasteiger partial charge in [-0.25, -0.2) is 0 Å². The van der Waals surface area contributed by atoms with Crippen LogP contribution in [0.1, 0.15) is 36.8 Å². The van der Waals surface area contributed by atoms with Gasteiger partial charge in [-0.05, 0) is 24.0 Å². The van der Waals surface area contributed by atoms with Gasteiger partial charge in [-0.2, -0.15) is 0 Å². The standard InChI is InChI=1S/C13H19NS/c1-3-10-5-7-11(8-6-10)13-14-12(4-2)9-15-13/h5-8,12-14H,3-4,9H2,1-2H3. The summed E-state index contributed by atoms with van der Waals surface area (Å²) in [4.78, 5) is 0. The minimum atomic E-state index is 0.515. The summed E-state index contributed by atoms with van der Waals surface area (Å²) in [5.41, 5.74) is 2.85. The average Bonchev–Trinajstić information content (AvgIpc) is 2.78. The molecule has 1 saturated heterocycles. The maximum absolute atomic E-state index is 3.66. The van der Waals surface area contributed by atoms with Crippen LogP contribution in [-0.4, -0.2) is 11.8 Å². The third-order valence-corrected chi connectivity index (χ3v) is 4.37. The lowest BCUT2D eigenvalue weighted by molar-refractivity contribution is 0.561. The number of hydrogen-bond donors (Lipinski definition) is 1. The zero-order chi connectivity index (χ0) is 10.7. The maximum atomic E-state index is 3.66. The molecule has 0 aromatic heterocycles. The number of benzene rings is 1. The lowest BCUT2D eigenvalue weighted by atomic mass is 10.1. The van der Waals surface area contributed by atoms with E-state index in [1.54, 1.807) is 0 Å². The second-order valence-electron chi connectivity index (χ2n) is 4.08. The Kier molecular flexibility index (Phi) is 3.71. The first-order valence-corrected chi connectivity index (χ1v) is 6.84.